The van der Waals surface area contributed by atoms with Gasteiger partial charge in [-0.2, -0.15) is 0 Å². The van der Waals surface area contributed by atoms with Crippen molar-refractivity contribution in [2.75, 3.05) is 0 Å². The first-order valence-corrected chi connectivity index (χ1v) is 7.08. The summed E-state index contributed by atoms with van der Waals surface area (Å²) in [4.78, 5) is 23.4. The van der Waals surface area contributed by atoms with Crippen molar-refractivity contribution in [1.82, 2.24) is 0 Å². The summed E-state index contributed by atoms with van der Waals surface area (Å²) in [5.41, 5.74) is 1.46. The van der Waals surface area contributed by atoms with E-state index in [1.165, 1.54) is 12.1 Å². The molecule has 22 heavy (non-hydrogen) atoms. The van der Waals surface area contributed by atoms with Crippen LogP contribution >= 0.6 is 23.2 Å². The summed E-state index contributed by atoms with van der Waals surface area (Å²) < 4.78 is 9.88. The van der Waals surface area contributed by atoms with Crippen molar-refractivity contribution in [2.45, 2.75) is 13.8 Å². The van der Waals surface area contributed by atoms with Crippen LogP contribution < -0.4 is 9.47 Å². The maximum Gasteiger partial charge on any atom is 0.423 e. The molecule has 0 heterocycles. The number of benzene rings is 2. The van der Waals surface area contributed by atoms with Gasteiger partial charge in [0.25, 0.3) is 0 Å². The largest absolute Gasteiger partial charge is 0.423 e. The number of halogens is 2. The van der Waals surface area contributed by atoms with Crippen LogP contribution in [0.4, 0.5) is 0 Å². The zero-order valence-corrected chi connectivity index (χ0v) is 13.4. The third-order valence-corrected chi connectivity index (χ3v) is 3.69. The lowest BCUT2D eigenvalue weighted by molar-refractivity contribution is -0.156. The maximum atomic E-state index is 11.7. The molecule has 0 spiro atoms. The highest BCUT2D eigenvalue weighted by Crippen LogP contribution is 2.22. The van der Waals surface area contributed by atoms with Crippen LogP contribution in [-0.2, 0) is 9.59 Å². The number of hydrogen-bond acceptors (Lipinski definition) is 4. The van der Waals surface area contributed by atoms with Crippen molar-refractivity contribution < 1.29 is 19.1 Å². The lowest BCUT2D eigenvalue weighted by Crippen LogP contribution is -2.25. The molecule has 4 nitrogen and oxygen atoms in total. The number of rotatable bonds is 2. The van der Waals surface area contributed by atoms with E-state index < -0.39 is 11.9 Å². The molecule has 0 amide bonds. The summed E-state index contributed by atoms with van der Waals surface area (Å²) in [7, 11) is 0. The number of carbonyl (C=O) groups is 2. The molecular weight excluding hydrogens is 327 g/mol. The zero-order valence-electron chi connectivity index (χ0n) is 11.9. The first kappa shape index (κ1) is 16.3. The Morgan fingerprint density at radius 3 is 1.45 bits per heavy atom. The second-order valence-electron chi connectivity index (χ2n) is 4.60. The van der Waals surface area contributed by atoms with Gasteiger partial charge in [-0.15, -0.1) is 0 Å². The van der Waals surface area contributed by atoms with Crippen LogP contribution in [0.3, 0.4) is 0 Å². The molecule has 0 saturated carbocycles. The Morgan fingerprint density at radius 2 is 1.14 bits per heavy atom. The van der Waals surface area contributed by atoms with E-state index in [1.807, 2.05) is 0 Å². The third kappa shape index (κ3) is 4.00. The number of aryl methyl sites for hydroxylation is 2. The summed E-state index contributed by atoms with van der Waals surface area (Å²) >= 11 is 11.7. The van der Waals surface area contributed by atoms with E-state index in [0.29, 0.717) is 10.0 Å². The van der Waals surface area contributed by atoms with Crippen molar-refractivity contribution in [2.24, 2.45) is 0 Å². The Hall–Kier alpha value is -2.04. The minimum absolute atomic E-state index is 0.219. The summed E-state index contributed by atoms with van der Waals surface area (Å²) in [5.74, 6) is -1.80. The van der Waals surface area contributed by atoms with Crippen LogP contribution in [0.1, 0.15) is 11.1 Å². The number of hydrogen-bond donors (Lipinski definition) is 0. The first-order chi connectivity index (χ1) is 10.4. The van der Waals surface area contributed by atoms with Gasteiger partial charge in [0.15, 0.2) is 0 Å². The molecular formula is C16H12Cl2O4. The van der Waals surface area contributed by atoms with E-state index in [9.17, 15) is 9.59 Å². The van der Waals surface area contributed by atoms with Crippen molar-refractivity contribution in [3.8, 4) is 11.5 Å². The quantitative estimate of drug-likeness (QED) is 0.469. The average molecular weight is 339 g/mol. The molecule has 2 aromatic carbocycles. The maximum absolute atomic E-state index is 11.7. The predicted molar refractivity (Wildman–Crippen MR) is 83.6 cm³/mol. The topological polar surface area (TPSA) is 52.6 Å². The number of ether oxygens (including phenoxy) is 2. The highest BCUT2D eigenvalue weighted by atomic mass is 35.5. The SMILES string of the molecule is Cc1cc(OC(=O)C(=O)Oc2ccc(Cl)c(C)c2)ccc1Cl. The number of carbonyl (C=O) groups excluding carboxylic acids is 2. The highest BCUT2D eigenvalue weighted by molar-refractivity contribution is 6.32. The van der Waals surface area contributed by atoms with Gasteiger partial charge in [0.2, 0.25) is 0 Å². The molecule has 0 aliphatic heterocycles. The van der Waals surface area contributed by atoms with Crippen molar-refractivity contribution >= 4 is 35.1 Å². The van der Waals surface area contributed by atoms with Gasteiger partial charge >= 0.3 is 11.9 Å². The zero-order chi connectivity index (χ0) is 16.3. The van der Waals surface area contributed by atoms with Crippen molar-refractivity contribution in [3.63, 3.8) is 0 Å². The Balaban J connectivity index is 2.04. The Bertz CT molecular complexity index is 677. The van der Waals surface area contributed by atoms with Crippen LogP contribution in [0.2, 0.25) is 10.0 Å². The second-order valence-corrected chi connectivity index (χ2v) is 5.42. The molecule has 0 atom stereocenters. The van der Waals surface area contributed by atoms with Gasteiger partial charge in [0.1, 0.15) is 11.5 Å². The molecule has 2 rings (SSSR count). The van der Waals surface area contributed by atoms with Crippen LogP contribution in [0, 0.1) is 13.8 Å². The smallest absolute Gasteiger partial charge is 0.418 e. The summed E-state index contributed by atoms with van der Waals surface area (Å²) in [6.07, 6.45) is 0. The van der Waals surface area contributed by atoms with Gasteiger partial charge < -0.3 is 9.47 Å². The molecule has 6 heteroatoms. The monoisotopic (exact) mass is 338 g/mol. The third-order valence-electron chi connectivity index (χ3n) is 2.85. The molecule has 0 N–H and O–H groups in total. The van der Waals surface area contributed by atoms with E-state index in [4.69, 9.17) is 32.7 Å². The lowest BCUT2D eigenvalue weighted by atomic mass is 10.2. The second kappa shape index (κ2) is 6.81. The van der Waals surface area contributed by atoms with Gasteiger partial charge in [-0.3, -0.25) is 0 Å². The van der Waals surface area contributed by atoms with Gasteiger partial charge in [-0.05, 0) is 61.4 Å². The summed E-state index contributed by atoms with van der Waals surface area (Å²) in [6, 6.07) is 9.25. The first-order valence-electron chi connectivity index (χ1n) is 6.33. The lowest BCUT2D eigenvalue weighted by Gasteiger charge is -2.07. The molecule has 0 aliphatic carbocycles. The summed E-state index contributed by atoms with van der Waals surface area (Å²) in [5, 5.41) is 1.08. The average Bonchev–Trinajstić information content (AvgIpc) is 2.46. The highest BCUT2D eigenvalue weighted by Gasteiger charge is 2.20. The molecule has 0 aromatic heterocycles. The fraction of sp³-hybridized carbons (Fsp3) is 0.125. The van der Waals surface area contributed by atoms with E-state index in [-0.39, 0.29) is 11.5 Å². The Morgan fingerprint density at radius 1 is 0.773 bits per heavy atom. The molecule has 2 aromatic rings. The van der Waals surface area contributed by atoms with E-state index in [0.717, 1.165) is 11.1 Å². The molecule has 0 unspecified atom stereocenters. The van der Waals surface area contributed by atoms with Gasteiger partial charge in [0, 0.05) is 10.0 Å². The predicted octanol–water partition coefficient (Wildman–Crippen LogP) is 4.12. The van der Waals surface area contributed by atoms with Crippen molar-refractivity contribution in [3.05, 3.63) is 57.6 Å². The van der Waals surface area contributed by atoms with Gasteiger partial charge in [-0.1, -0.05) is 23.2 Å². The van der Waals surface area contributed by atoms with E-state index in [1.54, 1.807) is 38.1 Å². The van der Waals surface area contributed by atoms with Crippen molar-refractivity contribution in [1.29, 1.82) is 0 Å². The molecule has 0 radical (unpaired) electrons. The van der Waals surface area contributed by atoms with Crippen LogP contribution in [-0.4, -0.2) is 11.9 Å². The summed E-state index contributed by atoms with van der Waals surface area (Å²) in [6.45, 7) is 3.52. The minimum atomic E-state index is -1.12. The molecule has 0 bridgehead atoms. The van der Waals surface area contributed by atoms with E-state index in [2.05, 4.69) is 0 Å². The van der Waals surface area contributed by atoms with Gasteiger partial charge in [-0.25, -0.2) is 9.59 Å². The molecule has 114 valence electrons. The Labute approximate surface area is 137 Å². The molecule has 0 saturated heterocycles. The fourth-order valence-corrected chi connectivity index (χ4v) is 1.89. The Kier molecular flexibility index (Phi) is 5.06. The number of esters is 2. The standard InChI is InChI=1S/C16H12Cl2O4/c1-9-7-11(3-5-13(9)17)21-15(19)16(20)22-12-4-6-14(18)10(2)8-12/h3-8H,1-2H3. The molecule has 0 fully saturated rings. The van der Waals surface area contributed by atoms with Crippen LogP contribution in [0.25, 0.3) is 0 Å². The minimum Gasteiger partial charge on any atom is -0.418 e. The fourth-order valence-electron chi connectivity index (χ4n) is 1.66. The van der Waals surface area contributed by atoms with Crippen LogP contribution in [0.5, 0.6) is 11.5 Å². The van der Waals surface area contributed by atoms with E-state index >= 15 is 0 Å². The van der Waals surface area contributed by atoms with Gasteiger partial charge in [0.05, 0.1) is 0 Å². The van der Waals surface area contributed by atoms with Crippen LogP contribution in [0.15, 0.2) is 36.4 Å². The normalized spacial score (nSPS) is 10.2. The molecule has 0 aliphatic rings.